The third-order valence-electron chi connectivity index (χ3n) is 5.78. The van der Waals surface area contributed by atoms with Crippen LogP contribution in [0.2, 0.25) is 0 Å². The minimum atomic E-state index is -0.224. The van der Waals surface area contributed by atoms with E-state index in [1.807, 2.05) is 23.1 Å². The molecule has 1 unspecified atom stereocenters. The lowest BCUT2D eigenvalue weighted by molar-refractivity contribution is -0.130. The molecule has 0 bridgehead atoms. The number of carbonyl (C=O) groups excluding carboxylic acids is 1. The van der Waals surface area contributed by atoms with Crippen LogP contribution >= 0.6 is 0 Å². The van der Waals surface area contributed by atoms with Gasteiger partial charge in [-0.3, -0.25) is 4.79 Å². The van der Waals surface area contributed by atoms with Gasteiger partial charge < -0.3 is 18.9 Å². The Hall–Kier alpha value is -3.35. The molecule has 0 aliphatic carbocycles. The first-order valence-corrected chi connectivity index (χ1v) is 11.0. The Morgan fingerprint density at radius 2 is 2.00 bits per heavy atom. The van der Waals surface area contributed by atoms with Crippen molar-refractivity contribution in [2.75, 3.05) is 13.7 Å². The molecule has 7 nitrogen and oxygen atoms in total. The van der Waals surface area contributed by atoms with Gasteiger partial charge in [0.25, 0.3) is 0 Å². The number of rotatable bonds is 8. The van der Waals surface area contributed by atoms with Crippen LogP contribution in [0.25, 0.3) is 11.4 Å². The normalized spacial score (nSPS) is 15.9. The second-order valence-corrected chi connectivity index (χ2v) is 8.18. The van der Waals surface area contributed by atoms with E-state index in [1.54, 1.807) is 7.11 Å². The van der Waals surface area contributed by atoms with E-state index in [2.05, 4.69) is 49.1 Å². The van der Waals surface area contributed by atoms with Gasteiger partial charge >= 0.3 is 0 Å². The summed E-state index contributed by atoms with van der Waals surface area (Å²) < 4.78 is 16.8. The van der Waals surface area contributed by atoms with Gasteiger partial charge in [-0.2, -0.15) is 4.98 Å². The minimum absolute atomic E-state index is 0.106. The molecule has 4 rings (SSSR count). The molecule has 0 spiro atoms. The molecule has 1 aromatic heterocycles. The van der Waals surface area contributed by atoms with Gasteiger partial charge in [0, 0.05) is 18.5 Å². The molecule has 7 heteroatoms. The highest BCUT2D eigenvalue weighted by molar-refractivity contribution is 5.79. The highest BCUT2D eigenvalue weighted by Gasteiger charge is 2.36. The lowest BCUT2D eigenvalue weighted by Gasteiger charge is -2.23. The maximum Gasteiger partial charge on any atom is 0.249 e. The van der Waals surface area contributed by atoms with Crippen LogP contribution in [0.15, 0.2) is 40.9 Å². The van der Waals surface area contributed by atoms with Crippen molar-refractivity contribution < 1.29 is 18.8 Å². The molecule has 32 heavy (non-hydrogen) atoms. The molecule has 1 fully saturated rings. The van der Waals surface area contributed by atoms with Crippen LogP contribution < -0.4 is 9.47 Å². The Kier molecular flexibility index (Phi) is 6.44. The van der Waals surface area contributed by atoms with Crippen molar-refractivity contribution in [2.24, 2.45) is 0 Å². The van der Waals surface area contributed by atoms with Crippen molar-refractivity contribution in [3.8, 4) is 22.9 Å². The average Bonchev–Trinajstić information content (AvgIpc) is 3.42. The fraction of sp³-hybridized carbons (Fsp3) is 0.400. The summed E-state index contributed by atoms with van der Waals surface area (Å²) in [6, 6.07) is 11.7. The van der Waals surface area contributed by atoms with Gasteiger partial charge in [-0.05, 0) is 56.0 Å². The predicted octanol–water partition coefficient (Wildman–Crippen LogP) is 5.01. The van der Waals surface area contributed by atoms with Crippen molar-refractivity contribution in [1.82, 2.24) is 15.0 Å². The van der Waals surface area contributed by atoms with Crippen molar-refractivity contribution in [3.63, 3.8) is 0 Å². The smallest absolute Gasteiger partial charge is 0.249 e. The second kappa shape index (κ2) is 9.42. The first kappa shape index (κ1) is 21.9. The molecular weight excluding hydrogens is 406 g/mol. The third-order valence-corrected chi connectivity index (χ3v) is 5.78. The fourth-order valence-corrected chi connectivity index (χ4v) is 3.97. The zero-order valence-electron chi connectivity index (χ0n) is 19.1. The Morgan fingerprint density at radius 3 is 2.78 bits per heavy atom. The molecule has 168 valence electrons. The van der Waals surface area contributed by atoms with E-state index in [-0.39, 0.29) is 11.9 Å². The summed E-state index contributed by atoms with van der Waals surface area (Å²) >= 11 is 0. The van der Waals surface area contributed by atoms with Gasteiger partial charge in [0.1, 0.15) is 6.04 Å². The fourth-order valence-electron chi connectivity index (χ4n) is 3.97. The quantitative estimate of drug-likeness (QED) is 0.495. The lowest BCUT2D eigenvalue weighted by Crippen LogP contribution is -2.27. The topological polar surface area (TPSA) is 77.7 Å². The molecule has 0 saturated carbocycles. The van der Waals surface area contributed by atoms with Gasteiger partial charge in [0.15, 0.2) is 11.5 Å². The standard InChI is InChI=1S/C25H29N3O4/c1-5-12-31-21-10-8-18(14-22(21)30-4)24-26-25(32-27-24)20-9-11-23(29)28(20)15-19-13-16(2)6-7-17(19)3/h6-8,10,13-14,20H,5,9,11-12,15H2,1-4H3. The van der Waals surface area contributed by atoms with Crippen molar-refractivity contribution >= 4 is 5.91 Å². The Labute approximate surface area is 188 Å². The Bertz CT molecular complexity index is 1110. The number of aromatic nitrogens is 2. The summed E-state index contributed by atoms with van der Waals surface area (Å²) in [5, 5.41) is 4.18. The number of aryl methyl sites for hydroxylation is 2. The zero-order valence-corrected chi connectivity index (χ0v) is 19.1. The molecule has 2 heterocycles. The monoisotopic (exact) mass is 435 g/mol. The first-order chi connectivity index (χ1) is 15.5. The number of hydrogen-bond donors (Lipinski definition) is 0. The number of likely N-dealkylation sites (tertiary alicyclic amines) is 1. The summed E-state index contributed by atoms with van der Waals surface area (Å²) in [5.74, 6) is 2.33. The molecule has 0 radical (unpaired) electrons. The molecule has 1 aliphatic rings. The number of hydrogen-bond acceptors (Lipinski definition) is 6. The van der Waals surface area contributed by atoms with Crippen LogP contribution in [0.3, 0.4) is 0 Å². The van der Waals surface area contributed by atoms with E-state index in [4.69, 9.17) is 14.0 Å². The average molecular weight is 436 g/mol. The number of carbonyl (C=O) groups is 1. The maximum atomic E-state index is 12.6. The van der Waals surface area contributed by atoms with Gasteiger partial charge in [-0.1, -0.05) is 35.8 Å². The molecule has 2 aromatic carbocycles. The number of ether oxygens (including phenoxy) is 2. The van der Waals surface area contributed by atoms with Crippen molar-refractivity contribution in [2.45, 2.75) is 52.6 Å². The minimum Gasteiger partial charge on any atom is -0.493 e. The summed E-state index contributed by atoms with van der Waals surface area (Å²) in [6.07, 6.45) is 2.06. The van der Waals surface area contributed by atoms with E-state index in [9.17, 15) is 4.79 Å². The van der Waals surface area contributed by atoms with Crippen LogP contribution in [0, 0.1) is 13.8 Å². The molecule has 3 aromatic rings. The van der Waals surface area contributed by atoms with E-state index < -0.39 is 0 Å². The zero-order chi connectivity index (χ0) is 22.7. The van der Waals surface area contributed by atoms with Crippen LogP contribution in [0.5, 0.6) is 11.5 Å². The highest BCUT2D eigenvalue weighted by Crippen LogP contribution is 2.36. The molecule has 1 aliphatic heterocycles. The molecule has 0 N–H and O–H groups in total. The Balaban J connectivity index is 1.57. The van der Waals surface area contributed by atoms with E-state index in [0.717, 1.165) is 23.1 Å². The third kappa shape index (κ3) is 4.47. The number of methoxy groups -OCH3 is 1. The van der Waals surface area contributed by atoms with E-state index in [1.165, 1.54) is 5.56 Å². The lowest BCUT2D eigenvalue weighted by atomic mass is 10.0. The molecular formula is C25H29N3O4. The highest BCUT2D eigenvalue weighted by atomic mass is 16.5. The van der Waals surface area contributed by atoms with E-state index >= 15 is 0 Å². The van der Waals surface area contributed by atoms with E-state index in [0.29, 0.717) is 49.2 Å². The number of nitrogens with zero attached hydrogens (tertiary/aromatic N) is 3. The summed E-state index contributed by atoms with van der Waals surface area (Å²) in [6.45, 7) is 7.33. The van der Waals surface area contributed by atoms with Crippen LogP contribution in [0.1, 0.15) is 54.8 Å². The van der Waals surface area contributed by atoms with Gasteiger partial charge in [0.2, 0.25) is 17.6 Å². The SMILES string of the molecule is CCCOc1ccc(-c2noc(C3CCC(=O)N3Cc3cc(C)ccc3C)n2)cc1OC. The molecule has 1 atom stereocenters. The van der Waals surface area contributed by atoms with Gasteiger partial charge in [-0.25, -0.2) is 0 Å². The number of amides is 1. The van der Waals surface area contributed by atoms with Crippen molar-refractivity contribution in [1.29, 1.82) is 0 Å². The maximum absolute atomic E-state index is 12.6. The first-order valence-electron chi connectivity index (χ1n) is 11.0. The van der Waals surface area contributed by atoms with Crippen LogP contribution in [-0.2, 0) is 11.3 Å². The summed E-state index contributed by atoms with van der Waals surface area (Å²) in [4.78, 5) is 19.1. The second-order valence-electron chi connectivity index (χ2n) is 8.18. The molecule has 1 saturated heterocycles. The number of benzene rings is 2. The van der Waals surface area contributed by atoms with Crippen LogP contribution in [-0.4, -0.2) is 34.7 Å². The Morgan fingerprint density at radius 1 is 1.16 bits per heavy atom. The van der Waals surface area contributed by atoms with Gasteiger partial charge in [0.05, 0.1) is 13.7 Å². The predicted molar refractivity (Wildman–Crippen MR) is 121 cm³/mol. The van der Waals surface area contributed by atoms with Crippen molar-refractivity contribution in [3.05, 3.63) is 59.0 Å². The van der Waals surface area contributed by atoms with Crippen LogP contribution in [0.4, 0.5) is 0 Å². The molecule has 1 amide bonds. The summed E-state index contributed by atoms with van der Waals surface area (Å²) in [7, 11) is 1.61. The summed E-state index contributed by atoms with van der Waals surface area (Å²) in [5.41, 5.74) is 4.25. The van der Waals surface area contributed by atoms with Gasteiger partial charge in [-0.15, -0.1) is 0 Å². The largest absolute Gasteiger partial charge is 0.493 e.